The number of ether oxygens (including phenoxy) is 1. The average molecular weight is 366 g/mol. The van der Waals surface area contributed by atoms with E-state index in [1.54, 1.807) is 32.0 Å². The molecule has 0 bridgehead atoms. The van der Waals surface area contributed by atoms with Crippen LogP contribution in [0.3, 0.4) is 0 Å². The van der Waals surface area contributed by atoms with Crippen molar-refractivity contribution in [2.45, 2.75) is 63.7 Å². The van der Waals surface area contributed by atoms with Gasteiger partial charge in [0.15, 0.2) is 0 Å². The molecular weight excluding hydrogens is 345 g/mol. The molecule has 0 radical (unpaired) electrons. The second-order valence-electron chi connectivity index (χ2n) is 7.55. The molecule has 0 amide bonds. The third-order valence-corrected chi connectivity index (χ3v) is 4.87. The Morgan fingerprint density at radius 1 is 1.21 bits per heavy atom. The first-order chi connectivity index (χ1) is 10.6. The molecule has 1 aromatic rings. The molecule has 0 aliphatic carbocycles. The molecule has 24 heavy (non-hydrogen) atoms. The Hall–Kier alpha value is -1.28. The van der Waals surface area contributed by atoms with Gasteiger partial charge in [0.05, 0.1) is 0 Å². The fraction of sp³-hybridized carbons (Fsp3) is 0.625. The maximum absolute atomic E-state index is 12.6. The summed E-state index contributed by atoms with van der Waals surface area (Å²) < 4.78 is 71.0. The van der Waals surface area contributed by atoms with Crippen molar-refractivity contribution in [1.82, 2.24) is 0 Å². The molecule has 0 spiro atoms. The van der Waals surface area contributed by atoms with Gasteiger partial charge < -0.3 is 4.74 Å². The zero-order valence-electron chi connectivity index (χ0n) is 14.2. The molecule has 1 aliphatic heterocycles. The van der Waals surface area contributed by atoms with Crippen LogP contribution >= 0.6 is 0 Å². The Balaban J connectivity index is 2.47. The highest BCUT2D eigenvalue weighted by Gasteiger charge is 2.50. The molecule has 0 fully saturated rings. The summed E-state index contributed by atoms with van der Waals surface area (Å²) in [5, 5.41) is 0. The molecule has 0 N–H and O–H groups in total. The van der Waals surface area contributed by atoms with Crippen LogP contribution in [0.15, 0.2) is 18.2 Å². The Labute approximate surface area is 140 Å². The minimum atomic E-state index is -5.68. The molecular formula is C16H21F3O4S. The molecule has 1 heterocycles. The standard InChI is InChI=1S/C16H21F3O4S/c1-14(2,3)10-6-7-11-12(8-10)22-15(4,5)9-13(11)23-24(20,21)16(17,18)19/h6-8,13H,9H2,1-5H3. The van der Waals surface area contributed by atoms with Gasteiger partial charge in [-0.15, -0.1) is 0 Å². The van der Waals surface area contributed by atoms with E-state index in [2.05, 4.69) is 4.18 Å². The van der Waals surface area contributed by atoms with Crippen LogP contribution in [-0.4, -0.2) is 19.5 Å². The minimum absolute atomic E-state index is 0.00975. The van der Waals surface area contributed by atoms with Crippen molar-refractivity contribution >= 4 is 10.1 Å². The lowest BCUT2D eigenvalue weighted by Crippen LogP contribution is -2.38. The van der Waals surface area contributed by atoms with Crippen LogP contribution < -0.4 is 4.74 Å². The van der Waals surface area contributed by atoms with E-state index in [-0.39, 0.29) is 11.8 Å². The van der Waals surface area contributed by atoms with E-state index in [1.807, 2.05) is 20.8 Å². The van der Waals surface area contributed by atoms with Crippen LogP contribution in [0.25, 0.3) is 0 Å². The van der Waals surface area contributed by atoms with E-state index in [0.717, 1.165) is 5.56 Å². The zero-order chi connectivity index (χ0) is 18.6. The number of benzene rings is 1. The van der Waals surface area contributed by atoms with Gasteiger partial charge in [-0.1, -0.05) is 32.9 Å². The summed E-state index contributed by atoms with van der Waals surface area (Å²) in [6.07, 6.45) is -1.26. The summed E-state index contributed by atoms with van der Waals surface area (Å²) in [4.78, 5) is 0. The summed E-state index contributed by atoms with van der Waals surface area (Å²) >= 11 is 0. The van der Waals surface area contributed by atoms with Crippen molar-refractivity contribution in [2.75, 3.05) is 0 Å². The van der Waals surface area contributed by atoms with Crippen molar-refractivity contribution < 1.29 is 30.5 Å². The first-order valence-corrected chi connectivity index (χ1v) is 8.86. The fourth-order valence-corrected chi connectivity index (χ4v) is 3.13. The summed E-state index contributed by atoms with van der Waals surface area (Å²) in [6.45, 7) is 9.33. The second-order valence-corrected chi connectivity index (χ2v) is 9.12. The lowest BCUT2D eigenvalue weighted by atomic mass is 9.84. The van der Waals surface area contributed by atoms with Crippen molar-refractivity contribution in [3.05, 3.63) is 29.3 Å². The van der Waals surface area contributed by atoms with Crippen LogP contribution in [0, 0.1) is 0 Å². The molecule has 0 saturated carbocycles. The minimum Gasteiger partial charge on any atom is -0.487 e. The SMILES string of the molecule is CC1(C)CC(OS(=O)(=O)C(F)(F)F)c2ccc(C(C)(C)C)cc2O1. The third kappa shape index (κ3) is 3.85. The number of fused-ring (bicyclic) bond motifs is 1. The quantitative estimate of drug-likeness (QED) is 0.573. The molecule has 2 rings (SSSR count). The van der Waals surface area contributed by atoms with Gasteiger partial charge in [0.25, 0.3) is 0 Å². The van der Waals surface area contributed by atoms with E-state index in [0.29, 0.717) is 11.3 Å². The summed E-state index contributed by atoms with van der Waals surface area (Å²) in [6, 6.07) is 5.05. The lowest BCUT2D eigenvalue weighted by molar-refractivity contribution is -0.0624. The van der Waals surface area contributed by atoms with Crippen LogP contribution in [0.1, 0.15) is 58.3 Å². The number of alkyl halides is 3. The van der Waals surface area contributed by atoms with Gasteiger partial charge >= 0.3 is 15.6 Å². The maximum Gasteiger partial charge on any atom is 0.523 e. The molecule has 8 heteroatoms. The Kier molecular flexibility index (Phi) is 4.46. The smallest absolute Gasteiger partial charge is 0.487 e. The van der Waals surface area contributed by atoms with E-state index in [1.165, 1.54) is 0 Å². The molecule has 0 aromatic heterocycles. The predicted molar refractivity (Wildman–Crippen MR) is 83.3 cm³/mol. The van der Waals surface area contributed by atoms with Gasteiger partial charge in [0.1, 0.15) is 17.5 Å². The topological polar surface area (TPSA) is 52.6 Å². The summed E-state index contributed by atoms with van der Waals surface area (Å²) in [5.41, 5.74) is -5.27. The normalized spacial score (nSPS) is 21.1. The second kappa shape index (κ2) is 5.62. The van der Waals surface area contributed by atoms with Gasteiger partial charge in [0, 0.05) is 12.0 Å². The maximum atomic E-state index is 12.6. The molecule has 1 atom stereocenters. The van der Waals surface area contributed by atoms with Gasteiger partial charge in [0.2, 0.25) is 0 Å². The van der Waals surface area contributed by atoms with Crippen molar-refractivity contribution in [3.8, 4) is 5.75 Å². The van der Waals surface area contributed by atoms with E-state index >= 15 is 0 Å². The van der Waals surface area contributed by atoms with Crippen molar-refractivity contribution in [3.63, 3.8) is 0 Å². The van der Waals surface area contributed by atoms with Crippen molar-refractivity contribution in [1.29, 1.82) is 0 Å². The molecule has 1 aromatic carbocycles. The number of hydrogen-bond acceptors (Lipinski definition) is 4. The highest BCUT2D eigenvalue weighted by atomic mass is 32.2. The number of rotatable bonds is 2. The van der Waals surface area contributed by atoms with E-state index < -0.39 is 27.3 Å². The van der Waals surface area contributed by atoms with Gasteiger partial charge in [-0.25, -0.2) is 0 Å². The first kappa shape index (κ1) is 19.1. The molecule has 4 nitrogen and oxygen atoms in total. The Morgan fingerprint density at radius 3 is 2.29 bits per heavy atom. The number of halogens is 3. The van der Waals surface area contributed by atoms with Crippen molar-refractivity contribution in [2.24, 2.45) is 0 Å². The molecule has 0 saturated heterocycles. The molecule has 136 valence electrons. The van der Waals surface area contributed by atoms with Crippen LogP contribution in [0.2, 0.25) is 0 Å². The van der Waals surface area contributed by atoms with Crippen LogP contribution in [0.5, 0.6) is 5.75 Å². The van der Waals surface area contributed by atoms with Gasteiger partial charge in [-0.2, -0.15) is 21.6 Å². The number of hydrogen-bond donors (Lipinski definition) is 0. The Bertz CT molecular complexity index is 731. The monoisotopic (exact) mass is 366 g/mol. The predicted octanol–water partition coefficient (Wildman–Crippen LogP) is 4.45. The summed E-state index contributed by atoms with van der Waals surface area (Å²) in [5.74, 6) is 0.348. The largest absolute Gasteiger partial charge is 0.523 e. The molecule has 1 aliphatic rings. The third-order valence-electron chi connectivity index (χ3n) is 3.82. The highest BCUT2D eigenvalue weighted by Crippen LogP contribution is 2.45. The van der Waals surface area contributed by atoms with E-state index in [9.17, 15) is 21.6 Å². The lowest BCUT2D eigenvalue weighted by Gasteiger charge is -2.37. The van der Waals surface area contributed by atoms with Gasteiger partial charge in [-0.3, -0.25) is 4.18 Å². The summed E-state index contributed by atoms with van der Waals surface area (Å²) in [7, 11) is -5.68. The zero-order valence-corrected chi connectivity index (χ0v) is 15.0. The van der Waals surface area contributed by atoms with E-state index in [4.69, 9.17) is 4.74 Å². The fourth-order valence-electron chi connectivity index (χ4n) is 2.54. The first-order valence-electron chi connectivity index (χ1n) is 7.45. The molecule has 1 unspecified atom stereocenters. The van der Waals surface area contributed by atoms with Crippen LogP contribution in [-0.2, 0) is 19.7 Å². The van der Waals surface area contributed by atoms with Gasteiger partial charge in [-0.05, 0) is 30.9 Å². The average Bonchev–Trinajstić information content (AvgIpc) is 2.33. The highest BCUT2D eigenvalue weighted by molar-refractivity contribution is 7.87. The Morgan fingerprint density at radius 2 is 1.79 bits per heavy atom. The van der Waals surface area contributed by atoms with Crippen LogP contribution in [0.4, 0.5) is 13.2 Å².